The highest BCUT2D eigenvalue weighted by Crippen LogP contribution is 2.29. The third kappa shape index (κ3) is 3.79. The van der Waals surface area contributed by atoms with Gasteiger partial charge >= 0.3 is 0 Å². The number of aryl methyl sites for hydroxylation is 1. The van der Waals surface area contributed by atoms with E-state index < -0.39 is 10.0 Å². The summed E-state index contributed by atoms with van der Waals surface area (Å²) in [6, 6.07) is 6.13. The molecule has 1 aromatic heterocycles. The maximum atomic E-state index is 12.8. The third-order valence-electron chi connectivity index (χ3n) is 4.48. The number of rotatable bonds is 4. The number of carbonyl (C=O) groups is 1. The van der Waals surface area contributed by atoms with Gasteiger partial charge in [0.15, 0.2) is 0 Å². The van der Waals surface area contributed by atoms with Crippen LogP contribution >= 0.6 is 11.3 Å². The fraction of sp³-hybridized carbons (Fsp3) is 0.471. The van der Waals surface area contributed by atoms with Crippen molar-refractivity contribution in [2.75, 3.05) is 27.2 Å². The first-order chi connectivity index (χ1) is 12.3. The number of benzene rings is 1. The van der Waals surface area contributed by atoms with Crippen LogP contribution < -0.4 is 0 Å². The number of amides is 1. The topological polar surface area (TPSA) is 83.5 Å². The maximum absolute atomic E-state index is 12.8. The minimum absolute atomic E-state index is 0.0789. The van der Waals surface area contributed by atoms with Gasteiger partial charge in [0.05, 0.1) is 4.90 Å². The lowest BCUT2D eigenvalue weighted by molar-refractivity contribution is 0.0706. The Hall–Kier alpha value is -1.84. The Morgan fingerprint density at radius 1 is 1.23 bits per heavy atom. The van der Waals surface area contributed by atoms with Crippen LogP contribution in [0, 0.1) is 6.92 Å². The molecular formula is C17H22N4O3S2. The molecule has 1 fully saturated rings. The van der Waals surface area contributed by atoms with Crippen molar-refractivity contribution in [1.82, 2.24) is 19.4 Å². The van der Waals surface area contributed by atoms with Crippen LogP contribution in [-0.4, -0.2) is 60.9 Å². The molecule has 0 saturated carbocycles. The van der Waals surface area contributed by atoms with E-state index in [1.54, 1.807) is 23.5 Å². The fourth-order valence-corrected chi connectivity index (χ4v) is 4.73. The molecule has 140 valence electrons. The summed E-state index contributed by atoms with van der Waals surface area (Å²) in [6.07, 6.45) is 1.92. The Bertz CT molecular complexity index is 891. The van der Waals surface area contributed by atoms with E-state index in [2.05, 4.69) is 10.2 Å². The van der Waals surface area contributed by atoms with Crippen molar-refractivity contribution in [3.63, 3.8) is 0 Å². The highest BCUT2D eigenvalue weighted by molar-refractivity contribution is 7.89. The Morgan fingerprint density at radius 2 is 1.92 bits per heavy atom. The highest BCUT2D eigenvalue weighted by atomic mass is 32.2. The van der Waals surface area contributed by atoms with Gasteiger partial charge in [-0.2, -0.15) is 0 Å². The average molecular weight is 395 g/mol. The molecule has 0 unspecified atom stereocenters. The van der Waals surface area contributed by atoms with E-state index >= 15 is 0 Å². The summed E-state index contributed by atoms with van der Waals surface area (Å²) in [5.41, 5.74) is 0.497. The third-order valence-corrected chi connectivity index (χ3v) is 7.31. The zero-order valence-corrected chi connectivity index (χ0v) is 16.7. The van der Waals surface area contributed by atoms with Gasteiger partial charge in [-0.05, 0) is 44.0 Å². The van der Waals surface area contributed by atoms with Crippen molar-refractivity contribution in [2.45, 2.75) is 30.6 Å². The van der Waals surface area contributed by atoms with Gasteiger partial charge in [0.25, 0.3) is 5.91 Å². The minimum atomic E-state index is -3.49. The van der Waals surface area contributed by atoms with Crippen molar-refractivity contribution < 1.29 is 13.2 Å². The standard InChI is InChI=1S/C17H22N4O3S2/c1-12-18-19-16(25-12)14-5-4-10-21(11-14)17(22)13-6-8-15(9-7-13)26(23,24)20(2)3/h6-9,14H,4-5,10-11H2,1-3H3/t14-/m0/s1. The predicted octanol–water partition coefficient (Wildman–Crippen LogP) is 2.12. The van der Waals surface area contributed by atoms with Gasteiger partial charge in [-0.25, -0.2) is 12.7 Å². The first-order valence-corrected chi connectivity index (χ1v) is 10.7. The number of hydrogen-bond donors (Lipinski definition) is 0. The summed E-state index contributed by atoms with van der Waals surface area (Å²) >= 11 is 1.58. The SMILES string of the molecule is Cc1nnc([C@H]2CCCN(C(=O)c3ccc(S(=O)(=O)N(C)C)cc3)C2)s1. The molecular weight excluding hydrogens is 372 g/mol. The number of sulfonamides is 1. The smallest absolute Gasteiger partial charge is 0.253 e. The second kappa shape index (κ2) is 7.42. The Morgan fingerprint density at radius 3 is 2.50 bits per heavy atom. The molecule has 1 atom stereocenters. The van der Waals surface area contributed by atoms with Gasteiger partial charge in [-0.3, -0.25) is 4.79 Å². The van der Waals surface area contributed by atoms with Gasteiger partial charge in [0.2, 0.25) is 10.0 Å². The van der Waals surface area contributed by atoms with E-state index in [0.29, 0.717) is 18.7 Å². The second-order valence-corrected chi connectivity index (χ2v) is 9.93. The molecule has 0 aliphatic carbocycles. The van der Waals surface area contributed by atoms with Crippen molar-refractivity contribution in [3.05, 3.63) is 39.8 Å². The number of nitrogens with zero attached hydrogens (tertiary/aromatic N) is 4. The van der Waals surface area contributed by atoms with E-state index in [4.69, 9.17) is 0 Å². The van der Waals surface area contributed by atoms with Crippen molar-refractivity contribution >= 4 is 27.3 Å². The fourth-order valence-electron chi connectivity index (χ4n) is 3.00. The predicted molar refractivity (Wildman–Crippen MR) is 99.8 cm³/mol. The summed E-state index contributed by atoms with van der Waals surface area (Å²) in [4.78, 5) is 14.8. The van der Waals surface area contributed by atoms with Crippen LogP contribution in [0.25, 0.3) is 0 Å². The Balaban J connectivity index is 1.74. The lowest BCUT2D eigenvalue weighted by atomic mass is 9.98. The quantitative estimate of drug-likeness (QED) is 0.793. The van der Waals surface area contributed by atoms with Crippen LogP contribution in [0.1, 0.15) is 39.1 Å². The molecule has 2 heterocycles. The maximum Gasteiger partial charge on any atom is 0.253 e. The molecule has 1 aliphatic rings. The Kier molecular flexibility index (Phi) is 5.40. The van der Waals surface area contributed by atoms with Gasteiger partial charge < -0.3 is 4.90 Å². The number of piperidine rings is 1. The van der Waals surface area contributed by atoms with Gasteiger partial charge in [0, 0.05) is 38.7 Å². The first-order valence-electron chi connectivity index (χ1n) is 8.41. The Labute approximate surface area is 157 Å². The summed E-state index contributed by atoms with van der Waals surface area (Å²) in [5, 5.41) is 10.2. The molecule has 2 aromatic rings. The molecule has 7 nitrogen and oxygen atoms in total. The van der Waals surface area contributed by atoms with Crippen LogP contribution in [0.15, 0.2) is 29.2 Å². The monoisotopic (exact) mass is 394 g/mol. The summed E-state index contributed by atoms with van der Waals surface area (Å²) in [6.45, 7) is 3.24. The molecule has 26 heavy (non-hydrogen) atoms. The molecule has 1 aliphatic heterocycles. The lowest BCUT2D eigenvalue weighted by Gasteiger charge is -2.31. The summed E-state index contributed by atoms with van der Waals surface area (Å²) < 4.78 is 25.4. The zero-order chi connectivity index (χ0) is 18.9. The molecule has 0 bridgehead atoms. The van der Waals surface area contributed by atoms with Crippen LogP contribution in [0.4, 0.5) is 0 Å². The van der Waals surface area contributed by atoms with Crippen LogP contribution in [0.2, 0.25) is 0 Å². The highest BCUT2D eigenvalue weighted by Gasteiger charge is 2.28. The molecule has 0 spiro atoms. The normalized spacial score (nSPS) is 18.3. The van der Waals surface area contributed by atoms with Gasteiger partial charge in [0.1, 0.15) is 10.0 Å². The van der Waals surface area contributed by atoms with Crippen molar-refractivity contribution in [2.24, 2.45) is 0 Å². The number of hydrogen-bond acceptors (Lipinski definition) is 6. The molecule has 0 radical (unpaired) electrons. The summed E-state index contributed by atoms with van der Waals surface area (Å²) in [7, 11) is -0.525. The van der Waals surface area contributed by atoms with Gasteiger partial charge in [-0.1, -0.05) is 0 Å². The van der Waals surface area contributed by atoms with E-state index in [0.717, 1.165) is 27.2 Å². The van der Waals surface area contributed by atoms with Crippen LogP contribution in [-0.2, 0) is 10.0 Å². The number of aromatic nitrogens is 2. The van der Waals surface area contributed by atoms with Crippen molar-refractivity contribution in [1.29, 1.82) is 0 Å². The van der Waals surface area contributed by atoms with Crippen molar-refractivity contribution in [3.8, 4) is 0 Å². The molecule has 9 heteroatoms. The van der Waals surface area contributed by atoms with E-state index in [1.165, 1.54) is 26.2 Å². The van der Waals surface area contributed by atoms with E-state index in [9.17, 15) is 13.2 Å². The molecule has 0 N–H and O–H groups in total. The molecule has 1 saturated heterocycles. The number of carbonyl (C=O) groups excluding carboxylic acids is 1. The molecule has 1 amide bonds. The molecule has 3 rings (SSSR count). The second-order valence-electron chi connectivity index (χ2n) is 6.56. The average Bonchev–Trinajstić information content (AvgIpc) is 3.07. The molecule has 1 aromatic carbocycles. The van der Waals surface area contributed by atoms with Gasteiger partial charge in [-0.15, -0.1) is 21.5 Å². The largest absolute Gasteiger partial charge is 0.338 e. The van der Waals surface area contributed by atoms with E-state index in [-0.39, 0.29) is 16.7 Å². The first kappa shape index (κ1) is 18.9. The zero-order valence-electron chi connectivity index (χ0n) is 15.0. The lowest BCUT2D eigenvalue weighted by Crippen LogP contribution is -2.39. The minimum Gasteiger partial charge on any atom is -0.338 e. The van der Waals surface area contributed by atoms with Crippen LogP contribution in [0.3, 0.4) is 0 Å². The number of likely N-dealkylation sites (tertiary alicyclic amines) is 1. The van der Waals surface area contributed by atoms with Crippen LogP contribution in [0.5, 0.6) is 0 Å². The van der Waals surface area contributed by atoms with E-state index in [1.807, 2.05) is 11.8 Å². The summed E-state index contributed by atoms with van der Waals surface area (Å²) in [5.74, 6) is 0.136.